The predicted molar refractivity (Wildman–Crippen MR) is 69.4 cm³/mol. The molecular formula is C15H22O2. The summed E-state index contributed by atoms with van der Waals surface area (Å²) in [5.41, 5.74) is 2.23. The third-order valence-corrected chi connectivity index (χ3v) is 3.74. The molecule has 1 fully saturated rings. The summed E-state index contributed by atoms with van der Waals surface area (Å²) in [5, 5.41) is 9.91. The van der Waals surface area contributed by atoms with Gasteiger partial charge in [-0.25, -0.2) is 0 Å². The summed E-state index contributed by atoms with van der Waals surface area (Å²) in [6.07, 6.45) is 2.53. The molecule has 1 aliphatic rings. The molecule has 2 rings (SSSR count). The molecule has 0 bridgehead atoms. The second kappa shape index (κ2) is 4.34. The molecule has 0 amide bonds. The van der Waals surface area contributed by atoms with Crippen LogP contribution in [-0.4, -0.2) is 16.8 Å². The molecule has 17 heavy (non-hydrogen) atoms. The highest BCUT2D eigenvalue weighted by molar-refractivity contribution is 5.38. The molecule has 0 spiro atoms. The van der Waals surface area contributed by atoms with Gasteiger partial charge in [0.15, 0.2) is 0 Å². The van der Waals surface area contributed by atoms with Crippen LogP contribution in [0.3, 0.4) is 0 Å². The normalized spacial score (nSPS) is 23.4. The van der Waals surface area contributed by atoms with E-state index in [1.54, 1.807) is 0 Å². The Hall–Kier alpha value is -1.02. The van der Waals surface area contributed by atoms with Crippen molar-refractivity contribution < 1.29 is 9.84 Å². The number of phenolic OH excluding ortho intramolecular Hbond substituents is 1. The topological polar surface area (TPSA) is 32.8 Å². The van der Waals surface area contributed by atoms with Gasteiger partial charge in [0.25, 0.3) is 0 Å². The van der Waals surface area contributed by atoms with E-state index in [0.717, 1.165) is 24.0 Å². The van der Waals surface area contributed by atoms with E-state index in [0.29, 0.717) is 17.8 Å². The smallest absolute Gasteiger partial charge is 0.119 e. The number of hydrogen-bond donors (Lipinski definition) is 1. The molecule has 1 heterocycles. The third-order valence-electron chi connectivity index (χ3n) is 3.74. The van der Waals surface area contributed by atoms with Crippen LogP contribution >= 0.6 is 0 Å². The van der Waals surface area contributed by atoms with E-state index in [9.17, 15) is 5.11 Å². The molecule has 0 unspecified atom stereocenters. The average molecular weight is 234 g/mol. The first-order valence-corrected chi connectivity index (χ1v) is 6.37. The SMILES string of the molecule is Cc1ccc([C@@H](C)CC[C@H]2OC2(C)C)c(O)c1. The fourth-order valence-electron chi connectivity index (χ4n) is 2.37. The lowest BCUT2D eigenvalue weighted by molar-refractivity contribution is 0.317. The Morgan fingerprint density at radius 1 is 1.41 bits per heavy atom. The second-order valence-corrected chi connectivity index (χ2v) is 5.75. The molecule has 1 aliphatic heterocycles. The number of aryl methyl sites for hydroxylation is 1. The molecule has 1 N–H and O–H groups in total. The summed E-state index contributed by atoms with van der Waals surface area (Å²) in [6, 6.07) is 5.93. The summed E-state index contributed by atoms with van der Waals surface area (Å²) in [5.74, 6) is 0.809. The lowest BCUT2D eigenvalue weighted by atomic mass is 9.92. The molecule has 0 aromatic heterocycles. The van der Waals surface area contributed by atoms with Crippen LogP contribution < -0.4 is 0 Å². The number of hydrogen-bond acceptors (Lipinski definition) is 2. The first kappa shape index (κ1) is 12.4. The quantitative estimate of drug-likeness (QED) is 0.804. The van der Waals surface area contributed by atoms with Gasteiger partial charge in [-0.2, -0.15) is 0 Å². The van der Waals surface area contributed by atoms with Gasteiger partial charge in [0.1, 0.15) is 5.75 Å². The fraction of sp³-hybridized carbons (Fsp3) is 0.600. The number of aromatic hydroxyl groups is 1. The van der Waals surface area contributed by atoms with Crippen LogP contribution in [0.15, 0.2) is 18.2 Å². The van der Waals surface area contributed by atoms with Crippen molar-refractivity contribution in [2.24, 2.45) is 0 Å². The Bertz CT molecular complexity index is 409. The Balaban J connectivity index is 1.93. The minimum absolute atomic E-state index is 0.0784. The van der Waals surface area contributed by atoms with E-state index in [1.807, 2.05) is 19.1 Å². The van der Waals surface area contributed by atoms with Crippen molar-refractivity contribution in [3.63, 3.8) is 0 Å². The summed E-state index contributed by atoms with van der Waals surface area (Å²) < 4.78 is 5.58. The van der Waals surface area contributed by atoms with Gasteiger partial charge in [0.2, 0.25) is 0 Å². The highest BCUT2D eigenvalue weighted by Crippen LogP contribution is 2.40. The van der Waals surface area contributed by atoms with Crippen LogP contribution in [-0.2, 0) is 4.74 Å². The van der Waals surface area contributed by atoms with Crippen molar-refractivity contribution in [2.75, 3.05) is 0 Å². The zero-order valence-corrected chi connectivity index (χ0v) is 11.2. The van der Waals surface area contributed by atoms with Gasteiger partial charge in [-0.1, -0.05) is 19.1 Å². The van der Waals surface area contributed by atoms with Crippen molar-refractivity contribution in [3.05, 3.63) is 29.3 Å². The maximum Gasteiger partial charge on any atom is 0.119 e. The number of ether oxygens (including phenoxy) is 1. The predicted octanol–water partition coefficient (Wildman–Crippen LogP) is 3.76. The minimum Gasteiger partial charge on any atom is -0.508 e. The van der Waals surface area contributed by atoms with E-state index in [1.165, 1.54) is 0 Å². The van der Waals surface area contributed by atoms with Crippen molar-refractivity contribution in [2.45, 2.75) is 58.2 Å². The highest BCUT2D eigenvalue weighted by atomic mass is 16.6. The Morgan fingerprint density at radius 2 is 2.06 bits per heavy atom. The first-order valence-electron chi connectivity index (χ1n) is 6.37. The molecular weight excluding hydrogens is 212 g/mol. The largest absolute Gasteiger partial charge is 0.508 e. The number of phenols is 1. The molecule has 2 heteroatoms. The average Bonchev–Trinajstić information content (AvgIpc) is 2.83. The van der Waals surface area contributed by atoms with Crippen LogP contribution in [0.4, 0.5) is 0 Å². The van der Waals surface area contributed by atoms with Crippen LogP contribution in [0.1, 0.15) is 50.7 Å². The standard InChI is InChI=1S/C15H22O2/c1-10-5-7-12(13(16)9-10)11(2)6-8-14-15(3,4)17-14/h5,7,9,11,14,16H,6,8H2,1-4H3/t11-,14+/m0/s1. The molecule has 1 saturated heterocycles. The molecule has 0 aliphatic carbocycles. The van der Waals surface area contributed by atoms with E-state index < -0.39 is 0 Å². The van der Waals surface area contributed by atoms with Gasteiger partial charge in [-0.15, -0.1) is 0 Å². The molecule has 0 radical (unpaired) electrons. The van der Waals surface area contributed by atoms with E-state index in [-0.39, 0.29) is 5.60 Å². The van der Waals surface area contributed by atoms with Crippen molar-refractivity contribution >= 4 is 0 Å². The van der Waals surface area contributed by atoms with E-state index in [4.69, 9.17) is 4.74 Å². The Morgan fingerprint density at radius 3 is 2.59 bits per heavy atom. The number of benzene rings is 1. The molecule has 1 aromatic carbocycles. The van der Waals surface area contributed by atoms with Gasteiger partial charge < -0.3 is 9.84 Å². The zero-order valence-electron chi connectivity index (χ0n) is 11.2. The highest BCUT2D eigenvalue weighted by Gasteiger charge is 2.47. The van der Waals surface area contributed by atoms with Crippen molar-refractivity contribution in [1.82, 2.24) is 0 Å². The second-order valence-electron chi connectivity index (χ2n) is 5.75. The molecule has 1 aromatic rings. The van der Waals surface area contributed by atoms with Crippen LogP contribution in [0.25, 0.3) is 0 Å². The van der Waals surface area contributed by atoms with E-state index in [2.05, 4.69) is 26.8 Å². The minimum atomic E-state index is 0.0784. The van der Waals surface area contributed by atoms with Gasteiger partial charge in [-0.3, -0.25) is 0 Å². The zero-order chi connectivity index (χ0) is 12.6. The van der Waals surface area contributed by atoms with Crippen LogP contribution in [0.5, 0.6) is 5.75 Å². The Kier molecular flexibility index (Phi) is 3.17. The number of rotatable bonds is 4. The molecule has 2 nitrogen and oxygen atoms in total. The summed E-state index contributed by atoms with van der Waals surface area (Å²) in [4.78, 5) is 0. The Labute approximate surface area is 104 Å². The molecule has 2 atom stereocenters. The molecule has 0 saturated carbocycles. The monoisotopic (exact) mass is 234 g/mol. The van der Waals surface area contributed by atoms with Crippen LogP contribution in [0, 0.1) is 6.92 Å². The summed E-state index contributed by atoms with van der Waals surface area (Å²) in [6.45, 7) is 8.42. The summed E-state index contributed by atoms with van der Waals surface area (Å²) in [7, 11) is 0. The fourth-order valence-corrected chi connectivity index (χ4v) is 2.37. The van der Waals surface area contributed by atoms with Gasteiger partial charge in [0, 0.05) is 0 Å². The first-order chi connectivity index (χ1) is 7.90. The third kappa shape index (κ3) is 2.81. The number of epoxide rings is 1. The van der Waals surface area contributed by atoms with Crippen molar-refractivity contribution in [1.29, 1.82) is 0 Å². The van der Waals surface area contributed by atoms with Gasteiger partial charge in [0.05, 0.1) is 11.7 Å². The lowest BCUT2D eigenvalue weighted by Gasteiger charge is -2.13. The van der Waals surface area contributed by atoms with Crippen LogP contribution in [0.2, 0.25) is 0 Å². The van der Waals surface area contributed by atoms with Crippen molar-refractivity contribution in [3.8, 4) is 5.75 Å². The maximum atomic E-state index is 9.91. The maximum absolute atomic E-state index is 9.91. The van der Waals surface area contributed by atoms with Gasteiger partial charge in [-0.05, 0) is 56.7 Å². The van der Waals surface area contributed by atoms with Gasteiger partial charge >= 0.3 is 0 Å². The van der Waals surface area contributed by atoms with E-state index >= 15 is 0 Å². The summed E-state index contributed by atoms with van der Waals surface area (Å²) >= 11 is 0. The molecule has 94 valence electrons. The lowest BCUT2D eigenvalue weighted by Crippen LogP contribution is -2.04.